The van der Waals surface area contributed by atoms with Gasteiger partial charge in [-0.2, -0.15) is 0 Å². The molecule has 0 radical (unpaired) electrons. The molecule has 6 heteroatoms. The Balaban J connectivity index is 2.89. The number of halogens is 1. The summed E-state index contributed by atoms with van der Waals surface area (Å²) in [5, 5.41) is 8.83. The summed E-state index contributed by atoms with van der Waals surface area (Å²) in [6.07, 6.45) is 1.09. The van der Waals surface area contributed by atoms with Gasteiger partial charge in [0, 0.05) is 13.3 Å². The maximum Gasteiger partial charge on any atom is 0.337 e. The second-order valence-electron chi connectivity index (χ2n) is 3.17. The van der Waals surface area contributed by atoms with Gasteiger partial charge in [0.2, 0.25) is 5.88 Å². The molecule has 0 aliphatic carbocycles. The third kappa shape index (κ3) is 3.08. The Bertz CT molecular complexity index is 383. The van der Waals surface area contributed by atoms with Crippen LogP contribution in [0.4, 0.5) is 0 Å². The molecule has 1 N–H and O–H groups in total. The number of carboxylic acids is 1. The number of carbonyl (C=O) groups is 1. The minimum absolute atomic E-state index is 0.00190. The van der Waals surface area contributed by atoms with Gasteiger partial charge in [-0.25, -0.2) is 9.78 Å². The molecule has 0 aliphatic rings. The predicted molar refractivity (Wildman–Crippen MR) is 58.2 cm³/mol. The normalized spacial score (nSPS) is 12.2. The molecular weight excluding hydrogens is 234 g/mol. The van der Waals surface area contributed by atoms with Crippen molar-refractivity contribution in [3.63, 3.8) is 0 Å². The Morgan fingerprint density at radius 1 is 1.69 bits per heavy atom. The number of hydrogen-bond acceptors (Lipinski definition) is 4. The van der Waals surface area contributed by atoms with E-state index in [4.69, 9.17) is 26.2 Å². The van der Waals surface area contributed by atoms with Crippen LogP contribution in [-0.4, -0.2) is 35.9 Å². The van der Waals surface area contributed by atoms with Gasteiger partial charge in [0.1, 0.15) is 11.1 Å². The molecule has 1 rings (SSSR count). The zero-order valence-corrected chi connectivity index (χ0v) is 9.69. The summed E-state index contributed by atoms with van der Waals surface area (Å²) in [7, 11) is 1.54. The molecule has 1 heterocycles. The smallest absolute Gasteiger partial charge is 0.337 e. The molecule has 0 fully saturated rings. The molecule has 1 atom stereocenters. The van der Waals surface area contributed by atoms with Crippen LogP contribution in [0.3, 0.4) is 0 Å². The molecule has 0 saturated heterocycles. The highest BCUT2D eigenvalue weighted by Gasteiger charge is 2.16. The molecule has 1 aromatic rings. The summed E-state index contributed by atoms with van der Waals surface area (Å²) >= 11 is 5.84. The van der Waals surface area contributed by atoms with Gasteiger partial charge in [-0.15, -0.1) is 0 Å². The quantitative estimate of drug-likeness (QED) is 0.857. The number of rotatable bonds is 5. The van der Waals surface area contributed by atoms with Gasteiger partial charge >= 0.3 is 5.97 Å². The highest BCUT2D eigenvalue weighted by atomic mass is 35.5. The van der Waals surface area contributed by atoms with Crippen LogP contribution in [0.1, 0.15) is 17.3 Å². The van der Waals surface area contributed by atoms with Crippen molar-refractivity contribution in [2.24, 2.45) is 0 Å². The average Bonchev–Trinajstić information content (AvgIpc) is 2.21. The fourth-order valence-corrected chi connectivity index (χ4v) is 1.37. The van der Waals surface area contributed by atoms with Crippen LogP contribution in [-0.2, 0) is 4.74 Å². The summed E-state index contributed by atoms with van der Waals surface area (Å²) in [5.74, 6) is -1.01. The number of aromatic nitrogens is 1. The number of carboxylic acid groups (broad SMARTS) is 1. The van der Waals surface area contributed by atoms with Gasteiger partial charge in [0.05, 0.1) is 12.2 Å². The second-order valence-corrected chi connectivity index (χ2v) is 3.54. The van der Waals surface area contributed by atoms with E-state index in [1.165, 1.54) is 12.3 Å². The topological polar surface area (TPSA) is 68.7 Å². The third-order valence-corrected chi connectivity index (χ3v) is 2.17. The van der Waals surface area contributed by atoms with E-state index in [0.29, 0.717) is 6.61 Å². The summed E-state index contributed by atoms with van der Waals surface area (Å²) in [4.78, 5) is 14.7. The minimum atomic E-state index is -1.11. The van der Waals surface area contributed by atoms with Crippen molar-refractivity contribution < 1.29 is 19.4 Å². The Hall–Kier alpha value is -1.33. The number of aromatic carboxylic acids is 1. The summed E-state index contributed by atoms with van der Waals surface area (Å²) in [5.41, 5.74) is -0.0312. The number of ether oxygens (including phenoxy) is 2. The van der Waals surface area contributed by atoms with Crippen molar-refractivity contribution >= 4 is 17.6 Å². The van der Waals surface area contributed by atoms with Crippen LogP contribution in [0.5, 0.6) is 5.88 Å². The second kappa shape index (κ2) is 5.67. The molecule has 1 unspecified atom stereocenters. The number of methoxy groups -OCH3 is 1. The van der Waals surface area contributed by atoms with E-state index < -0.39 is 5.97 Å². The zero-order valence-electron chi connectivity index (χ0n) is 8.94. The van der Waals surface area contributed by atoms with Crippen LogP contribution >= 0.6 is 11.6 Å². The lowest BCUT2D eigenvalue weighted by atomic mass is 10.2. The fraction of sp³-hybridized carbons (Fsp3) is 0.400. The first-order valence-corrected chi connectivity index (χ1v) is 4.97. The molecule has 1 aromatic heterocycles. The maximum atomic E-state index is 10.8. The first kappa shape index (κ1) is 12.7. The van der Waals surface area contributed by atoms with Gasteiger partial charge in [-0.1, -0.05) is 11.6 Å². The van der Waals surface area contributed by atoms with Gasteiger partial charge in [-0.05, 0) is 13.0 Å². The fourth-order valence-electron chi connectivity index (χ4n) is 1.13. The van der Waals surface area contributed by atoms with E-state index in [1.807, 2.05) is 0 Å². The van der Waals surface area contributed by atoms with Gasteiger partial charge in [0.15, 0.2) is 0 Å². The van der Waals surface area contributed by atoms with E-state index >= 15 is 0 Å². The van der Waals surface area contributed by atoms with Crippen LogP contribution in [0.2, 0.25) is 5.02 Å². The highest BCUT2D eigenvalue weighted by Crippen LogP contribution is 2.26. The average molecular weight is 246 g/mol. The molecule has 0 spiro atoms. The zero-order chi connectivity index (χ0) is 12.1. The lowest BCUT2D eigenvalue weighted by Gasteiger charge is -2.14. The predicted octanol–water partition coefficient (Wildman–Crippen LogP) is 1.85. The Kier molecular flexibility index (Phi) is 4.52. The summed E-state index contributed by atoms with van der Waals surface area (Å²) < 4.78 is 10.2. The van der Waals surface area contributed by atoms with Crippen molar-refractivity contribution in [3.05, 3.63) is 22.8 Å². The SMILES string of the molecule is COCC(C)Oc1nccc(C(=O)O)c1Cl. The minimum Gasteiger partial charge on any atom is -0.478 e. The van der Waals surface area contributed by atoms with Crippen molar-refractivity contribution in [3.8, 4) is 5.88 Å². The molecular formula is C10H12ClNO4. The Morgan fingerprint density at radius 2 is 2.38 bits per heavy atom. The highest BCUT2D eigenvalue weighted by molar-refractivity contribution is 6.34. The lowest BCUT2D eigenvalue weighted by molar-refractivity contribution is 0.0693. The van der Waals surface area contributed by atoms with E-state index in [-0.39, 0.29) is 22.6 Å². The van der Waals surface area contributed by atoms with Gasteiger partial charge in [0.25, 0.3) is 0 Å². The molecule has 0 amide bonds. The van der Waals surface area contributed by atoms with E-state index in [1.54, 1.807) is 14.0 Å². The van der Waals surface area contributed by atoms with Crippen LogP contribution < -0.4 is 4.74 Å². The largest absolute Gasteiger partial charge is 0.478 e. The first-order chi connectivity index (χ1) is 7.56. The molecule has 0 aromatic carbocycles. The van der Waals surface area contributed by atoms with Crippen molar-refractivity contribution in [2.45, 2.75) is 13.0 Å². The standard InChI is InChI=1S/C10H12ClNO4/c1-6(5-15-2)16-9-8(11)7(10(13)14)3-4-12-9/h3-4,6H,5H2,1-2H3,(H,13,14). The van der Waals surface area contributed by atoms with Crippen LogP contribution in [0.15, 0.2) is 12.3 Å². The third-order valence-electron chi connectivity index (χ3n) is 1.80. The summed E-state index contributed by atoms with van der Waals surface area (Å²) in [6, 6.07) is 1.32. The van der Waals surface area contributed by atoms with E-state index in [2.05, 4.69) is 4.98 Å². The van der Waals surface area contributed by atoms with Crippen molar-refractivity contribution in [1.29, 1.82) is 0 Å². The van der Waals surface area contributed by atoms with Gasteiger partial charge in [-0.3, -0.25) is 0 Å². The first-order valence-electron chi connectivity index (χ1n) is 4.59. The Morgan fingerprint density at radius 3 is 2.94 bits per heavy atom. The van der Waals surface area contributed by atoms with Crippen molar-refractivity contribution in [1.82, 2.24) is 4.98 Å². The molecule has 0 saturated carbocycles. The molecule has 0 aliphatic heterocycles. The van der Waals surface area contributed by atoms with Crippen LogP contribution in [0.25, 0.3) is 0 Å². The van der Waals surface area contributed by atoms with Crippen LogP contribution in [0, 0.1) is 0 Å². The Labute approximate surface area is 98.0 Å². The molecule has 0 bridgehead atoms. The molecule has 5 nitrogen and oxygen atoms in total. The number of pyridine rings is 1. The lowest BCUT2D eigenvalue weighted by Crippen LogP contribution is -2.19. The number of hydrogen-bond donors (Lipinski definition) is 1. The van der Waals surface area contributed by atoms with Crippen molar-refractivity contribution in [2.75, 3.05) is 13.7 Å². The van der Waals surface area contributed by atoms with E-state index in [9.17, 15) is 4.79 Å². The molecule has 16 heavy (non-hydrogen) atoms. The van der Waals surface area contributed by atoms with E-state index in [0.717, 1.165) is 0 Å². The summed E-state index contributed by atoms with van der Waals surface area (Å²) in [6.45, 7) is 2.14. The maximum absolute atomic E-state index is 10.8. The monoisotopic (exact) mass is 245 g/mol. The number of nitrogens with zero attached hydrogens (tertiary/aromatic N) is 1. The van der Waals surface area contributed by atoms with Gasteiger partial charge < -0.3 is 14.6 Å². The molecule has 88 valence electrons.